The molecule has 198 valence electrons. The third kappa shape index (κ3) is 5.88. The maximum Gasteiger partial charge on any atom is 0.409 e. The number of nitrogens with zero attached hydrogens (tertiary/aromatic N) is 4. The minimum Gasteiger partial charge on any atom is -0.497 e. The van der Waals surface area contributed by atoms with Gasteiger partial charge in [-0.05, 0) is 44.0 Å². The Labute approximate surface area is 218 Å². The lowest BCUT2D eigenvalue weighted by molar-refractivity contribution is -0.134. The van der Waals surface area contributed by atoms with Gasteiger partial charge in [-0.2, -0.15) is 5.10 Å². The summed E-state index contributed by atoms with van der Waals surface area (Å²) in [6, 6.07) is 11.7. The maximum absolute atomic E-state index is 13.6. The molecule has 9 nitrogen and oxygen atoms in total. The largest absolute Gasteiger partial charge is 0.497 e. The molecule has 0 saturated carbocycles. The highest BCUT2D eigenvalue weighted by Crippen LogP contribution is 2.37. The summed E-state index contributed by atoms with van der Waals surface area (Å²) in [6.45, 7) is 8.80. The molecule has 1 saturated heterocycles. The van der Waals surface area contributed by atoms with Gasteiger partial charge in [0.2, 0.25) is 0 Å². The van der Waals surface area contributed by atoms with Crippen molar-refractivity contribution in [2.45, 2.75) is 33.2 Å². The van der Waals surface area contributed by atoms with E-state index < -0.39 is 0 Å². The lowest BCUT2D eigenvalue weighted by atomic mass is 9.94. The van der Waals surface area contributed by atoms with E-state index in [0.29, 0.717) is 50.7 Å². The highest BCUT2D eigenvalue weighted by atomic mass is 16.6. The van der Waals surface area contributed by atoms with Crippen LogP contribution >= 0.6 is 0 Å². The van der Waals surface area contributed by atoms with Crippen molar-refractivity contribution in [1.82, 2.24) is 14.8 Å². The van der Waals surface area contributed by atoms with Crippen molar-refractivity contribution in [3.63, 3.8) is 0 Å². The first-order chi connectivity index (χ1) is 17.8. The first-order valence-corrected chi connectivity index (χ1v) is 12.7. The van der Waals surface area contributed by atoms with Gasteiger partial charge in [0.15, 0.2) is 0 Å². The summed E-state index contributed by atoms with van der Waals surface area (Å²) >= 11 is 0. The number of ether oxygens (including phenoxy) is 3. The monoisotopic (exact) mass is 508 g/mol. The average Bonchev–Trinajstić information content (AvgIpc) is 3.34. The van der Waals surface area contributed by atoms with Crippen LogP contribution in [0.3, 0.4) is 0 Å². The summed E-state index contributed by atoms with van der Waals surface area (Å²) < 4.78 is 16.1. The van der Waals surface area contributed by atoms with Crippen LogP contribution in [0.5, 0.6) is 11.5 Å². The lowest BCUT2D eigenvalue weighted by Crippen LogP contribution is -2.51. The van der Waals surface area contributed by atoms with Crippen molar-refractivity contribution in [2.75, 3.05) is 53.6 Å². The molecule has 0 aromatic heterocycles. The van der Waals surface area contributed by atoms with Gasteiger partial charge in [0, 0.05) is 44.2 Å². The fourth-order valence-electron chi connectivity index (χ4n) is 4.95. The number of hydrogen-bond acceptors (Lipinski definition) is 7. The zero-order valence-electron chi connectivity index (χ0n) is 22.3. The van der Waals surface area contributed by atoms with Gasteiger partial charge in [-0.1, -0.05) is 23.8 Å². The van der Waals surface area contributed by atoms with E-state index >= 15 is 0 Å². The number of carbonyl (C=O) groups is 2. The SMILES string of the molecule is CCOC(=O)N1CCN(CC(=O)N2N=C(c3ccc(OC)cc3OC)C[C@@H]2c2ccc(C)cc2C)CC1. The fraction of sp³-hybridized carbons (Fsp3) is 0.464. The van der Waals surface area contributed by atoms with Crippen LogP contribution < -0.4 is 9.47 Å². The topological polar surface area (TPSA) is 83.9 Å². The van der Waals surface area contributed by atoms with E-state index in [0.717, 1.165) is 22.4 Å². The van der Waals surface area contributed by atoms with Crippen LogP contribution in [0, 0.1) is 13.8 Å². The normalized spacial score (nSPS) is 18.0. The summed E-state index contributed by atoms with van der Waals surface area (Å²) in [6.07, 6.45) is 0.278. The molecule has 2 amide bonds. The van der Waals surface area contributed by atoms with E-state index in [1.54, 1.807) is 31.1 Å². The third-order valence-electron chi connectivity index (χ3n) is 6.93. The van der Waals surface area contributed by atoms with E-state index in [2.05, 4.69) is 36.9 Å². The number of carbonyl (C=O) groups excluding carboxylic acids is 2. The molecule has 2 aromatic carbocycles. The molecule has 2 aromatic rings. The Bertz CT molecular complexity index is 1170. The van der Waals surface area contributed by atoms with E-state index in [1.165, 1.54) is 5.56 Å². The molecule has 9 heteroatoms. The highest BCUT2D eigenvalue weighted by Gasteiger charge is 2.36. The van der Waals surface area contributed by atoms with Gasteiger partial charge in [-0.3, -0.25) is 9.69 Å². The molecular weight excluding hydrogens is 472 g/mol. The quantitative estimate of drug-likeness (QED) is 0.566. The van der Waals surface area contributed by atoms with Crippen molar-refractivity contribution in [2.24, 2.45) is 5.10 Å². The molecule has 0 radical (unpaired) electrons. The minimum absolute atomic E-state index is 0.0722. The second-order valence-electron chi connectivity index (χ2n) is 9.39. The van der Waals surface area contributed by atoms with Gasteiger partial charge in [0.05, 0.1) is 39.1 Å². The Morgan fingerprint density at radius 3 is 2.41 bits per heavy atom. The molecule has 4 rings (SSSR count). The van der Waals surface area contributed by atoms with Gasteiger partial charge in [-0.25, -0.2) is 9.80 Å². The molecule has 1 atom stereocenters. The molecule has 0 aliphatic carbocycles. The Morgan fingerprint density at radius 2 is 1.76 bits per heavy atom. The Morgan fingerprint density at radius 1 is 1.00 bits per heavy atom. The summed E-state index contributed by atoms with van der Waals surface area (Å²) in [5.41, 5.74) is 5.03. The van der Waals surface area contributed by atoms with Crippen LogP contribution in [0.15, 0.2) is 41.5 Å². The summed E-state index contributed by atoms with van der Waals surface area (Å²) in [5, 5.41) is 6.48. The van der Waals surface area contributed by atoms with E-state index in [9.17, 15) is 9.59 Å². The number of rotatable bonds is 7. The number of benzene rings is 2. The van der Waals surface area contributed by atoms with Crippen LogP contribution in [0.25, 0.3) is 0 Å². The molecule has 0 unspecified atom stereocenters. The molecular formula is C28H36N4O5. The van der Waals surface area contributed by atoms with Gasteiger partial charge < -0.3 is 19.1 Å². The average molecular weight is 509 g/mol. The number of methoxy groups -OCH3 is 2. The van der Waals surface area contributed by atoms with Gasteiger partial charge in [0.25, 0.3) is 5.91 Å². The third-order valence-corrected chi connectivity index (χ3v) is 6.93. The zero-order valence-corrected chi connectivity index (χ0v) is 22.3. The van der Waals surface area contributed by atoms with Gasteiger partial charge >= 0.3 is 6.09 Å². The lowest BCUT2D eigenvalue weighted by Gasteiger charge is -2.34. The molecule has 0 bridgehead atoms. The summed E-state index contributed by atoms with van der Waals surface area (Å²) in [4.78, 5) is 29.4. The summed E-state index contributed by atoms with van der Waals surface area (Å²) in [7, 11) is 3.24. The molecule has 0 spiro atoms. The van der Waals surface area contributed by atoms with Crippen LogP contribution in [0.4, 0.5) is 4.79 Å². The molecule has 1 fully saturated rings. The number of hydrogen-bond donors (Lipinski definition) is 0. The zero-order chi connectivity index (χ0) is 26.5. The summed E-state index contributed by atoms with van der Waals surface area (Å²) in [5.74, 6) is 1.28. The van der Waals surface area contributed by atoms with E-state index in [1.807, 2.05) is 18.2 Å². The van der Waals surface area contributed by atoms with E-state index in [-0.39, 0.29) is 24.6 Å². The fourth-order valence-corrected chi connectivity index (χ4v) is 4.95. The number of hydrazone groups is 1. The predicted molar refractivity (Wildman–Crippen MR) is 141 cm³/mol. The van der Waals surface area contributed by atoms with E-state index in [4.69, 9.17) is 19.3 Å². The standard InChI is InChI=1S/C28H36N4O5/c1-6-37-28(34)31-13-11-30(12-14-31)18-27(33)32-25(22-9-7-19(2)15-20(22)3)17-24(29-32)23-10-8-21(35-4)16-26(23)36-5/h7-10,15-16,25H,6,11-14,17-18H2,1-5H3/t25-/m1/s1. The van der Waals surface area contributed by atoms with Gasteiger partial charge in [0.1, 0.15) is 11.5 Å². The molecule has 0 N–H and O–H groups in total. The first kappa shape index (κ1) is 26.5. The predicted octanol–water partition coefficient (Wildman–Crippen LogP) is 3.77. The second-order valence-corrected chi connectivity index (χ2v) is 9.39. The minimum atomic E-state index is -0.300. The van der Waals surface area contributed by atoms with Crippen LogP contribution in [-0.4, -0.2) is 86.1 Å². The van der Waals surface area contributed by atoms with Crippen LogP contribution in [0.1, 0.15) is 41.6 Å². The van der Waals surface area contributed by atoms with Crippen molar-refractivity contribution in [1.29, 1.82) is 0 Å². The van der Waals surface area contributed by atoms with Crippen LogP contribution in [-0.2, 0) is 9.53 Å². The maximum atomic E-state index is 13.6. The molecule has 2 aliphatic heterocycles. The molecule has 2 aliphatic rings. The number of amides is 2. The highest BCUT2D eigenvalue weighted by molar-refractivity contribution is 6.05. The Hall–Kier alpha value is -3.59. The van der Waals surface area contributed by atoms with Crippen molar-refractivity contribution in [3.8, 4) is 11.5 Å². The molecule has 2 heterocycles. The number of piperazine rings is 1. The smallest absolute Gasteiger partial charge is 0.409 e. The van der Waals surface area contributed by atoms with Crippen molar-refractivity contribution in [3.05, 3.63) is 58.7 Å². The molecule has 37 heavy (non-hydrogen) atoms. The second kappa shape index (κ2) is 11.6. The Kier molecular flexibility index (Phi) is 8.33. The van der Waals surface area contributed by atoms with Crippen molar-refractivity contribution < 1.29 is 23.8 Å². The Balaban J connectivity index is 1.57. The van der Waals surface area contributed by atoms with Crippen molar-refractivity contribution >= 4 is 17.7 Å². The van der Waals surface area contributed by atoms with Crippen LogP contribution in [0.2, 0.25) is 0 Å². The van der Waals surface area contributed by atoms with Gasteiger partial charge in [-0.15, -0.1) is 0 Å². The number of aryl methyl sites for hydroxylation is 2. The first-order valence-electron chi connectivity index (χ1n) is 12.7.